The summed E-state index contributed by atoms with van der Waals surface area (Å²) >= 11 is 12.5. The largest absolute Gasteiger partial charge is 0.395 e. The van der Waals surface area contributed by atoms with Crippen LogP contribution in [0.15, 0.2) is 31.0 Å². The second kappa shape index (κ2) is 24.0. The zero-order valence-corrected chi connectivity index (χ0v) is 37.5. The molecule has 2 aliphatic rings. The first-order valence-corrected chi connectivity index (χ1v) is 22.2. The maximum absolute atomic E-state index is 14.4. The van der Waals surface area contributed by atoms with E-state index in [1.54, 1.807) is 18.9 Å². The molecule has 0 aromatic carbocycles. The Hall–Kier alpha value is -2.47. The molecule has 1 aromatic rings. The van der Waals surface area contributed by atoms with Gasteiger partial charge in [0.25, 0.3) is 0 Å². The van der Waals surface area contributed by atoms with Crippen LogP contribution < -0.4 is 17.1 Å². The third kappa shape index (κ3) is 13.3. The fourth-order valence-corrected chi connectivity index (χ4v) is 9.49. The summed E-state index contributed by atoms with van der Waals surface area (Å²) in [4.78, 5) is 73.6. The number of nitrogens with zero attached hydrogens (tertiary/aromatic N) is 4. The van der Waals surface area contributed by atoms with Crippen LogP contribution in [0.25, 0.3) is 0 Å². The number of aliphatic hydroxyl groups is 1. The molecule has 0 radical (unpaired) electrons. The van der Waals surface area contributed by atoms with Crippen molar-refractivity contribution in [2.24, 2.45) is 46.4 Å². The molecule has 6 atom stereocenters. The molecule has 0 spiro atoms. The number of hydrogen-bond acceptors (Lipinski definition) is 12. The van der Waals surface area contributed by atoms with Crippen LogP contribution in [0.1, 0.15) is 87.0 Å². The minimum Gasteiger partial charge on any atom is -0.395 e. The van der Waals surface area contributed by atoms with E-state index in [1.165, 1.54) is 0 Å². The van der Waals surface area contributed by atoms with Crippen molar-refractivity contribution in [2.75, 3.05) is 45.9 Å². The number of allylic oxidation sites excluding steroid dienone is 2. The van der Waals surface area contributed by atoms with E-state index in [1.807, 2.05) is 40.7 Å². The van der Waals surface area contributed by atoms with E-state index in [9.17, 15) is 29.1 Å². The zero-order chi connectivity index (χ0) is 42.4. The van der Waals surface area contributed by atoms with Crippen molar-refractivity contribution < 1.29 is 28.9 Å². The van der Waals surface area contributed by atoms with Crippen LogP contribution in [0.2, 0.25) is 0 Å². The van der Waals surface area contributed by atoms with Crippen molar-refractivity contribution in [1.29, 1.82) is 0 Å². The quantitative estimate of drug-likeness (QED) is 0.0648. The summed E-state index contributed by atoms with van der Waals surface area (Å²) in [5, 5.41) is 10.4. The Labute approximate surface area is 352 Å². The minimum atomic E-state index is -0.815. The van der Waals surface area contributed by atoms with Crippen molar-refractivity contribution in [3.63, 3.8) is 0 Å². The van der Waals surface area contributed by atoms with Crippen molar-refractivity contribution in [1.82, 2.24) is 13.7 Å². The highest BCUT2D eigenvalue weighted by atomic mass is 32.2. The van der Waals surface area contributed by atoms with Crippen molar-refractivity contribution in [3.05, 3.63) is 43.1 Å². The predicted molar refractivity (Wildman–Crippen MR) is 234 cm³/mol. The Morgan fingerprint density at radius 3 is 2.05 bits per heavy atom. The number of rotatable bonds is 24. The number of carbonyl (C=O) groups excluding carboxylic acids is 2. The molecule has 2 aliphatic carbocycles. The molecule has 1 fully saturated rings. The molecule has 1 N–H and O–H groups in total. The fraction of sp³-hybridized carbons (Fsp3) is 0.756. The number of ketones is 2. The molecule has 0 aliphatic heterocycles. The average molecular weight is 853 g/mol. The number of carbonyl (C=O) groups is 2. The van der Waals surface area contributed by atoms with Crippen LogP contribution in [-0.2, 0) is 43.4 Å². The van der Waals surface area contributed by atoms with Crippen molar-refractivity contribution >= 4 is 62.7 Å². The lowest BCUT2D eigenvalue weighted by molar-refractivity contribution is -0.126. The first kappa shape index (κ1) is 48.9. The number of hydrogen-bond donors (Lipinski definition) is 1. The average Bonchev–Trinajstić information content (AvgIpc) is 3.43. The van der Waals surface area contributed by atoms with Crippen LogP contribution in [0.3, 0.4) is 0 Å². The summed E-state index contributed by atoms with van der Waals surface area (Å²) in [5.74, 6) is 0.154. The van der Waals surface area contributed by atoms with Crippen molar-refractivity contribution in [3.8, 4) is 0 Å². The molecule has 320 valence electrons. The third-order valence-electron chi connectivity index (χ3n) is 10.9. The number of methoxy groups -OCH3 is 1. The van der Waals surface area contributed by atoms with Gasteiger partial charge < -0.3 is 19.3 Å². The molecule has 6 unspecified atom stereocenters. The Morgan fingerprint density at radius 2 is 1.49 bits per heavy atom. The molecule has 0 amide bonds. The van der Waals surface area contributed by atoms with Gasteiger partial charge in [0, 0.05) is 44.0 Å². The molecule has 0 bridgehead atoms. The smallest absolute Gasteiger partial charge is 0.336 e. The summed E-state index contributed by atoms with van der Waals surface area (Å²) in [6.07, 6.45) is 5.45. The number of aliphatic hydroxyl groups excluding tert-OH is 1. The Balaban J connectivity index is 1.77. The molecule has 57 heavy (non-hydrogen) atoms. The maximum atomic E-state index is 14.4. The molecule has 1 saturated carbocycles. The van der Waals surface area contributed by atoms with Gasteiger partial charge in [-0.25, -0.2) is 33.1 Å². The lowest BCUT2D eigenvalue weighted by Gasteiger charge is -2.38. The van der Waals surface area contributed by atoms with E-state index in [0.29, 0.717) is 48.9 Å². The number of ether oxygens (including phenoxy) is 3. The van der Waals surface area contributed by atoms with Crippen LogP contribution >= 0.6 is 36.2 Å². The summed E-state index contributed by atoms with van der Waals surface area (Å²) in [5.41, 5.74) is -1.31. The summed E-state index contributed by atoms with van der Waals surface area (Å²) in [6.45, 7) is 13.8. The molecular formula is C41H64N4O9S3. The van der Waals surface area contributed by atoms with Crippen LogP contribution in [-0.4, -0.2) is 97.3 Å². The normalized spacial score (nSPS) is 21.7. The molecule has 1 heterocycles. The third-order valence-corrected chi connectivity index (χ3v) is 12.8. The first-order chi connectivity index (χ1) is 27.1. The van der Waals surface area contributed by atoms with Gasteiger partial charge in [0.15, 0.2) is 5.78 Å². The Kier molecular flexibility index (Phi) is 20.5. The number of fused-ring (bicyclic) bond motifs is 1. The summed E-state index contributed by atoms with van der Waals surface area (Å²) < 4.78 is 19.6. The molecule has 0 saturated heterocycles. The van der Waals surface area contributed by atoms with Gasteiger partial charge in [-0.15, -0.1) is 11.8 Å². The minimum absolute atomic E-state index is 0.0184. The molecule has 3 rings (SSSR count). The number of Topliss-reactive ketones (excluding diaryl/α,β-unsaturated/α-hetero) is 1. The topological polar surface area (TPSA) is 160 Å². The Morgan fingerprint density at radius 1 is 0.860 bits per heavy atom. The van der Waals surface area contributed by atoms with E-state index in [0.717, 1.165) is 42.0 Å². The monoisotopic (exact) mass is 852 g/mol. The predicted octanol–water partition coefficient (Wildman–Crippen LogP) is 4.93. The van der Waals surface area contributed by atoms with E-state index in [2.05, 4.69) is 13.8 Å². The van der Waals surface area contributed by atoms with Gasteiger partial charge in [-0.2, -0.15) is 0 Å². The highest BCUT2D eigenvalue weighted by Gasteiger charge is 2.55. The van der Waals surface area contributed by atoms with E-state index >= 15 is 0 Å². The van der Waals surface area contributed by atoms with E-state index in [4.69, 9.17) is 43.6 Å². The molecule has 16 heteroatoms. The number of aliphatic imine (C=N–C) groups is 1. The number of thiocarbonyl (C=S) groups is 2. The molecule has 13 nitrogen and oxygen atoms in total. The number of aromatic nitrogens is 3. The number of thioether (sulfide) groups is 1. The summed E-state index contributed by atoms with van der Waals surface area (Å²) in [6, 6.07) is 0. The van der Waals surface area contributed by atoms with E-state index in [-0.39, 0.29) is 92.6 Å². The SMILES string of the molecule is CCC(=NC(=S)C(C)C(C)=S)SCCC1C(=O)C(CCOC)C2C(CCCOCCn3c(=O)n(CCO)c(=O)n(CCOC(C)C)c3=O)C(=O)C=C(CC(C)C)C12. The molecular weight excluding hydrogens is 789 g/mol. The highest BCUT2D eigenvalue weighted by Crippen LogP contribution is 2.54. The van der Waals surface area contributed by atoms with Crippen molar-refractivity contribution in [2.45, 2.75) is 113 Å². The van der Waals surface area contributed by atoms with Gasteiger partial charge in [-0.1, -0.05) is 57.7 Å². The highest BCUT2D eigenvalue weighted by molar-refractivity contribution is 8.14. The zero-order valence-electron chi connectivity index (χ0n) is 35.0. The van der Waals surface area contributed by atoms with Gasteiger partial charge in [-0.05, 0) is 93.7 Å². The van der Waals surface area contributed by atoms with Gasteiger partial charge in [-0.3, -0.25) is 9.59 Å². The van der Waals surface area contributed by atoms with Crippen LogP contribution in [0.5, 0.6) is 0 Å². The molecule has 1 aromatic heterocycles. The van der Waals surface area contributed by atoms with Gasteiger partial charge in [0.2, 0.25) is 0 Å². The lowest BCUT2D eigenvalue weighted by atomic mass is 9.65. The fourth-order valence-electron chi connectivity index (χ4n) is 7.98. The van der Waals surface area contributed by atoms with Crippen LogP contribution in [0.4, 0.5) is 0 Å². The second-order valence-corrected chi connectivity index (χ2v) is 17.9. The standard InChI is InChI=1S/C41H64N4O9S3/c1-9-34(42-38(56)27(6)28(7)55)57-22-13-32-35-29(23-25(2)3)24-33(47)30(36(35)31(37(32)48)12-19-52-8)11-10-18-53-20-15-44-39(49)43(14-17-46)40(50)45(41(44)51)16-21-54-26(4)5/h24-27,30-32,35-36,46H,9-23H2,1-8H3. The van der Waals surface area contributed by atoms with E-state index < -0.39 is 23.7 Å². The van der Waals surface area contributed by atoms with Gasteiger partial charge in [0.05, 0.1) is 50.6 Å². The second-order valence-electron chi connectivity index (χ2n) is 15.7. The Bertz CT molecular complexity index is 1800. The van der Waals surface area contributed by atoms with Gasteiger partial charge in [0.1, 0.15) is 10.8 Å². The first-order valence-electron chi connectivity index (χ1n) is 20.4. The lowest BCUT2D eigenvalue weighted by Crippen LogP contribution is -2.55. The van der Waals surface area contributed by atoms with Crippen LogP contribution in [0, 0.1) is 41.4 Å². The maximum Gasteiger partial charge on any atom is 0.336 e. The summed E-state index contributed by atoms with van der Waals surface area (Å²) in [7, 11) is 1.63. The van der Waals surface area contributed by atoms with Gasteiger partial charge >= 0.3 is 17.1 Å².